The van der Waals surface area contributed by atoms with Crippen molar-refractivity contribution < 1.29 is 9.59 Å². The van der Waals surface area contributed by atoms with Gasteiger partial charge in [-0.2, -0.15) is 5.26 Å². The standard InChI is InChI=1S/C22H30N6O2/c1-15(2)12-22(3)19(29)28(20(24)26-22)14-16-7-9-27(10-8-16)21(30)25-18-6-4-5-17(11-18)13-23/h4-6,11,15-16H,7-10,12,14H2,1-3H3,(H2,24,26)(H,25,30). The highest BCUT2D eigenvalue weighted by molar-refractivity contribution is 6.07. The molecule has 3 N–H and O–H groups in total. The molecule has 1 aromatic carbocycles. The Balaban J connectivity index is 1.52. The maximum Gasteiger partial charge on any atom is 0.321 e. The molecule has 0 spiro atoms. The zero-order valence-electron chi connectivity index (χ0n) is 17.9. The summed E-state index contributed by atoms with van der Waals surface area (Å²) in [7, 11) is 0. The fourth-order valence-electron chi connectivity index (χ4n) is 4.36. The maximum absolute atomic E-state index is 12.9. The van der Waals surface area contributed by atoms with E-state index in [1.807, 2.05) is 6.92 Å². The van der Waals surface area contributed by atoms with Crippen LogP contribution in [0.1, 0.15) is 45.6 Å². The summed E-state index contributed by atoms with van der Waals surface area (Å²) in [4.78, 5) is 28.8. The number of benzene rings is 1. The predicted molar refractivity (Wildman–Crippen MR) is 115 cm³/mol. The van der Waals surface area contributed by atoms with Crippen molar-refractivity contribution in [2.24, 2.45) is 11.8 Å². The van der Waals surface area contributed by atoms with Gasteiger partial charge in [0, 0.05) is 25.3 Å². The number of anilines is 1. The van der Waals surface area contributed by atoms with E-state index < -0.39 is 5.54 Å². The van der Waals surface area contributed by atoms with Gasteiger partial charge in [-0.3, -0.25) is 15.1 Å². The molecule has 0 radical (unpaired) electrons. The average molecular weight is 411 g/mol. The number of guanidine groups is 1. The van der Waals surface area contributed by atoms with Crippen molar-refractivity contribution in [1.82, 2.24) is 15.1 Å². The van der Waals surface area contributed by atoms with E-state index in [0.29, 0.717) is 43.2 Å². The molecule has 30 heavy (non-hydrogen) atoms. The number of hydrogen-bond donors (Lipinski definition) is 3. The maximum atomic E-state index is 12.9. The summed E-state index contributed by atoms with van der Waals surface area (Å²) in [5.74, 6) is 0.762. The zero-order valence-corrected chi connectivity index (χ0v) is 17.9. The number of nitrogens with zero attached hydrogens (tertiary/aromatic N) is 3. The average Bonchev–Trinajstić information content (AvgIpc) is 2.90. The number of piperidine rings is 1. The molecule has 3 rings (SSSR count). The van der Waals surface area contributed by atoms with Gasteiger partial charge in [0.15, 0.2) is 5.96 Å². The van der Waals surface area contributed by atoms with Crippen LogP contribution >= 0.6 is 0 Å². The lowest BCUT2D eigenvalue weighted by Crippen LogP contribution is -2.46. The van der Waals surface area contributed by atoms with Crippen molar-refractivity contribution in [3.8, 4) is 6.07 Å². The lowest BCUT2D eigenvalue weighted by atomic mass is 9.90. The Hall–Kier alpha value is -3.08. The molecule has 0 aromatic heterocycles. The van der Waals surface area contributed by atoms with E-state index in [1.54, 1.807) is 34.1 Å². The van der Waals surface area contributed by atoms with Crippen molar-refractivity contribution in [2.75, 3.05) is 25.0 Å². The van der Waals surface area contributed by atoms with E-state index in [2.05, 4.69) is 30.6 Å². The molecule has 1 aromatic rings. The summed E-state index contributed by atoms with van der Waals surface area (Å²) in [5.41, 5.74) is 0.402. The van der Waals surface area contributed by atoms with E-state index in [9.17, 15) is 9.59 Å². The molecule has 1 unspecified atom stereocenters. The van der Waals surface area contributed by atoms with Gasteiger partial charge >= 0.3 is 6.03 Å². The van der Waals surface area contributed by atoms with E-state index in [1.165, 1.54) is 0 Å². The lowest BCUT2D eigenvalue weighted by Gasteiger charge is -2.33. The van der Waals surface area contributed by atoms with Crippen molar-refractivity contribution in [1.29, 1.82) is 10.7 Å². The monoisotopic (exact) mass is 410 g/mol. The summed E-state index contributed by atoms with van der Waals surface area (Å²) in [6, 6.07) is 8.73. The minimum absolute atomic E-state index is 0.0289. The van der Waals surface area contributed by atoms with Crippen LogP contribution in [0.3, 0.4) is 0 Å². The Kier molecular flexibility index (Phi) is 6.30. The topological polar surface area (TPSA) is 112 Å². The highest BCUT2D eigenvalue weighted by atomic mass is 16.2. The first-order chi connectivity index (χ1) is 14.2. The third-order valence-corrected chi connectivity index (χ3v) is 5.78. The number of likely N-dealkylation sites (tertiary alicyclic amines) is 1. The first kappa shape index (κ1) is 21.6. The van der Waals surface area contributed by atoms with Gasteiger partial charge in [0.25, 0.3) is 5.91 Å². The van der Waals surface area contributed by atoms with Crippen molar-refractivity contribution in [3.63, 3.8) is 0 Å². The van der Waals surface area contributed by atoms with Crippen LogP contribution in [0.4, 0.5) is 10.5 Å². The molecule has 8 nitrogen and oxygen atoms in total. The molecule has 2 heterocycles. The summed E-state index contributed by atoms with van der Waals surface area (Å²) >= 11 is 0. The van der Waals surface area contributed by atoms with Gasteiger partial charge < -0.3 is 15.5 Å². The first-order valence-electron chi connectivity index (χ1n) is 10.5. The third-order valence-electron chi connectivity index (χ3n) is 5.78. The molecule has 160 valence electrons. The molecular formula is C22H30N6O2. The van der Waals surface area contributed by atoms with Crippen LogP contribution < -0.4 is 10.6 Å². The number of hydrogen-bond acceptors (Lipinski definition) is 4. The van der Waals surface area contributed by atoms with E-state index >= 15 is 0 Å². The summed E-state index contributed by atoms with van der Waals surface area (Å²) < 4.78 is 0. The molecule has 3 amide bonds. The number of carbonyl (C=O) groups excluding carboxylic acids is 2. The van der Waals surface area contributed by atoms with Gasteiger partial charge in [-0.15, -0.1) is 0 Å². The van der Waals surface area contributed by atoms with Gasteiger partial charge in [0.2, 0.25) is 0 Å². The highest BCUT2D eigenvalue weighted by Gasteiger charge is 2.46. The molecule has 0 saturated carbocycles. The fraction of sp³-hybridized carbons (Fsp3) is 0.545. The van der Waals surface area contributed by atoms with E-state index in [-0.39, 0.29) is 23.8 Å². The fourth-order valence-corrected chi connectivity index (χ4v) is 4.36. The highest BCUT2D eigenvalue weighted by Crippen LogP contribution is 2.27. The molecule has 2 saturated heterocycles. The second kappa shape index (κ2) is 8.74. The number of nitriles is 1. The number of amides is 3. The molecule has 2 aliphatic rings. The summed E-state index contributed by atoms with van der Waals surface area (Å²) in [6.07, 6.45) is 2.25. The van der Waals surface area contributed by atoms with Gasteiger partial charge in [-0.1, -0.05) is 19.9 Å². The van der Waals surface area contributed by atoms with Gasteiger partial charge in [0.1, 0.15) is 5.54 Å². The Morgan fingerprint density at radius 2 is 2.10 bits per heavy atom. The third kappa shape index (κ3) is 4.73. The lowest BCUT2D eigenvalue weighted by molar-refractivity contribution is -0.131. The molecule has 0 aliphatic carbocycles. The number of rotatable bonds is 5. The van der Waals surface area contributed by atoms with E-state index in [0.717, 1.165) is 12.8 Å². The second-order valence-electron chi connectivity index (χ2n) is 8.87. The number of carbonyl (C=O) groups is 2. The molecule has 2 aliphatic heterocycles. The van der Waals surface area contributed by atoms with Gasteiger partial charge in [-0.25, -0.2) is 4.79 Å². The molecular weight excluding hydrogens is 380 g/mol. The Labute approximate surface area is 177 Å². The Morgan fingerprint density at radius 1 is 1.40 bits per heavy atom. The van der Waals surface area contributed by atoms with Gasteiger partial charge in [0.05, 0.1) is 11.6 Å². The molecule has 1 atom stereocenters. The second-order valence-corrected chi connectivity index (χ2v) is 8.87. The summed E-state index contributed by atoms with van der Waals surface area (Å²) in [5, 5.41) is 23.1. The largest absolute Gasteiger partial charge is 0.342 e. The van der Waals surface area contributed by atoms with Crippen LogP contribution in [-0.4, -0.2) is 52.9 Å². The Morgan fingerprint density at radius 3 is 2.73 bits per heavy atom. The normalized spacial score (nSPS) is 22.2. The van der Waals surface area contributed by atoms with Crippen LogP contribution in [0.5, 0.6) is 0 Å². The molecule has 0 bridgehead atoms. The quantitative estimate of drug-likeness (QED) is 0.693. The van der Waals surface area contributed by atoms with Gasteiger partial charge in [-0.05, 0) is 56.2 Å². The smallest absolute Gasteiger partial charge is 0.321 e. The number of nitrogens with one attached hydrogen (secondary N) is 3. The number of urea groups is 1. The first-order valence-corrected chi connectivity index (χ1v) is 10.5. The van der Waals surface area contributed by atoms with Crippen LogP contribution in [0, 0.1) is 28.6 Å². The van der Waals surface area contributed by atoms with Crippen LogP contribution in [-0.2, 0) is 4.79 Å². The minimum atomic E-state index is -0.705. The van der Waals surface area contributed by atoms with E-state index in [4.69, 9.17) is 10.7 Å². The van der Waals surface area contributed by atoms with Crippen LogP contribution in [0.2, 0.25) is 0 Å². The minimum Gasteiger partial charge on any atom is -0.342 e. The summed E-state index contributed by atoms with van der Waals surface area (Å²) in [6.45, 7) is 7.73. The predicted octanol–water partition coefficient (Wildman–Crippen LogP) is 2.97. The van der Waals surface area contributed by atoms with Crippen molar-refractivity contribution in [3.05, 3.63) is 29.8 Å². The molecule has 2 fully saturated rings. The Bertz CT molecular complexity index is 869. The molecule has 8 heteroatoms. The van der Waals surface area contributed by atoms with Crippen LogP contribution in [0.15, 0.2) is 24.3 Å². The SMILES string of the molecule is CC(C)CC1(C)NC(=N)N(CC2CCN(C(=O)Nc3cccc(C#N)c3)CC2)C1=O. The zero-order chi connectivity index (χ0) is 21.9. The van der Waals surface area contributed by atoms with Crippen molar-refractivity contribution >= 4 is 23.6 Å². The van der Waals surface area contributed by atoms with Crippen LogP contribution in [0.25, 0.3) is 0 Å². The van der Waals surface area contributed by atoms with Crippen molar-refractivity contribution in [2.45, 2.75) is 45.6 Å².